The zero-order chi connectivity index (χ0) is 15.1. The summed E-state index contributed by atoms with van der Waals surface area (Å²) in [4.78, 5) is 32.6. The van der Waals surface area contributed by atoms with Gasteiger partial charge in [-0.2, -0.15) is 0 Å². The van der Waals surface area contributed by atoms with Crippen LogP contribution >= 0.6 is 0 Å². The molecule has 1 atom stereocenters. The van der Waals surface area contributed by atoms with Crippen LogP contribution in [0.1, 0.15) is 6.42 Å². The average Bonchev–Trinajstić information content (AvgIpc) is 2.36. The van der Waals surface area contributed by atoms with Crippen LogP contribution in [0.5, 0.6) is 5.75 Å². The number of carboxylic acid groups (broad SMARTS) is 2. The summed E-state index contributed by atoms with van der Waals surface area (Å²) in [5.74, 6) is -4.53. The first-order valence-electron chi connectivity index (χ1n) is 5.51. The summed E-state index contributed by atoms with van der Waals surface area (Å²) in [6.07, 6.45) is -0.763. The van der Waals surface area contributed by atoms with Crippen molar-refractivity contribution in [2.24, 2.45) is 0 Å². The third-order valence-corrected chi connectivity index (χ3v) is 2.21. The van der Waals surface area contributed by atoms with Crippen molar-refractivity contribution in [2.75, 3.05) is 6.61 Å². The fourth-order valence-corrected chi connectivity index (χ4v) is 1.32. The Kier molecular flexibility index (Phi) is 5.45. The summed E-state index contributed by atoms with van der Waals surface area (Å²) in [5, 5.41) is 19.2. The molecule has 0 aliphatic heterocycles. The van der Waals surface area contributed by atoms with Gasteiger partial charge in [-0.05, 0) is 12.1 Å². The molecule has 0 spiro atoms. The molecule has 1 rings (SSSR count). The van der Waals surface area contributed by atoms with E-state index >= 15 is 0 Å². The number of amides is 1. The molecule has 0 saturated carbocycles. The molecule has 0 bridgehead atoms. The van der Waals surface area contributed by atoms with Gasteiger partial charge in [0.25, 0.3) is 5.91 Å². The first-order chi connectivity index (χ1) is 9.40. The van der Waals surface area contributed by atoms with Crippen molar-refractivity contribution in [2.45, 2.75) is 12.5 Å². The lowest BCUT2D eigenvalue weighted by Crippen LogP contribution is -2.44. The van der Waals surface area contributed by atoms with Crippen LogP contribution in [-0.4, -0.2) is 40.7 Å². The number of carbonyl (C=O) groups is 3. The Hall–Kier alpha value is -2.64. The zero-order valence-electron chi connectivity index (χ0n) is 10.2. The Morgan fingerprint density at radius 2 is 1.90 bits per heavy atom. The minimum absolute atomic E-state index is 0.159. The van der Waals surface area contributed by atoms with Gasteiger partial charge in [0, 0.05) is 0 Å². The lowest BCUT2D eigenvalue weighted by atomic mass is 10.2. The summed E-state index contributed by atoms with van der Waals surface area (Å²) in [6, 6.07) is 3.81. The van der Waals surface area contributed by atoms with Crippen molar-refractivity contribution >= 4 is 17.8 Å². The molecule has 1 amide bonds. The van der Waals surface area contributed by atoms with Gasteiger partial charge >= 0.3 is 11.9 Å². The molecule has 1 aromatic rings. The SMILES string of the molecule is O=C(O)C[C@H](NC(=O)COc1ccccc1F)C(=O)O. The molecule has 0 aromatic heterocycles. The maximum Gasteiger partial charge on any atom is 0.326 e. The predicted octanol–water partition coefficient (Wildman–Crippen LogP) is 0.249. The summed E-state index contributed by atoms with van der Waals surface area (Å²) in [7, 11) is 0. The van der Waals surface area contributed by atoms with E-state index in [4.69, 9.17) is 14.9 Å². The summed E-state index contributed by atoms with van der Waals surface area (Å²) < 4.78 is 18.0. The molecule has 0 aliphatic rings. The molecule has 1 aromatic carbocycles. The molecule has 0 heterocycles. The molecule has 0 fully saturated rings. The first-order valence-corrected chi connectivity index (χ1v) is 5.51. The average molecular weight is 285 g/mol. The molecule has 0 saturated heterocycles. The van der Waals surface area contributed by atoms with Gasteiger partial charge in [-0.1, -0.05) is 12.1 Å². The number of carbonyl (C=O) groups excluding carboxylic acids is 1. The lowest BCUT2D eigenvalue weighted by Gasteiger charge is -2.13. The number of benzene rings is 1. The Labute approximate surface area is 113 Å². The molecular weight excluding hydrogens is 273 g/mol. The molecular formula is C12H12FNO6. The van der Waals surface area contributed by atoms with E-state index in [0.29, 0.717) is 0 Å². The number of carboxylic acids is 2. The van der Waals surface area contributed by atoms with E-state index in [-0.39, 0.29) is 5.75 Å². The molecule has 8 heteroatoms. The standard InChI is InChI=1S/C12H12FNO6/c13-7-3-1-2-4-9(7)20-6-10(15)14-8(12(18)19)5-11(16)17/h1-4,8H,5-6H2,(H,14,15)(H,16,17)(H,18,19)/t8-/m0/s1. The van der Waals surface area contributed by atoms with Crippen molar-refractivity contribution in [3.63, 3.8) is 0 Å². The van der Waals surface area contributed by atoms with Crippen molar-refractivity contribution in [3.05, 3.63) is 30.1 Å². The number of halogens is 1. The van der Waals surface area contributed by atoms with Crippen LogP contribution in [0.4, 0.5) is 4.39 Å². The lowest BCUT2D eigenvalue weighted by molar-refractivity contribution is -0.147. The van der Waals surface area contributed by atoms with Gasteiger partial charge in [0.15, 0.2) is 18.2 Å². The molecule has 0 radical (unpaired) electrons. The Morgan fingerprint density at radius 3 is 2.45 bits per heavy atom. The van der Waals surface area contributed by atoms with E-state index in [1.165, 1.54) is 18.2 Å². The fraction of sp³-hybridized carbons (Fsp3) is 0.250. The van der Waals surface area contributed by atoms with Gasteiger partial charge in [0.1, 0.15) is 6.04 Å². The van der Waals surface area contributed by atoms with Gasteiger partial charge < -0.3 is 20.3 Å². The fourth-order valence-electron chi connectivity index (χ4n) is 1.32. The highest BCUT2D eigenvalue weighted by molar-refractivity contribution is 5.87. The van der Waals surface area contributed by atoms with Crippen LogP contribution in [0.3, 0.4) is 0 Å². The third-order valence-electron chi connectivity index (χ3n) is 2.21. The largest absolute Gasteiger partial charge is 0.481 e. The Morgan fingerprint density at radius 1 is 1.25 bits per heavy atom. The molecule has 20 heavy (non-hydrogen) atoms. The second-order valence-electron chi connectivity index (χ2n) is 3.78. The third kappa shape index (κ3) is 4.92. The van der Waals surface area contributed by atoms with Crippen LogP contribution in [0.15, 0.2) is 24.3 Å². The summed E-state index contributed by atoms with van der Waals surface area (Å²) >= 11 is 0. The normalized spacial score (nSPS) is 11.4. The van der Waals surface area contributed by atoms with Gasteiger partial charge in [-0.15, -0.1) is 0 Å². The van der Waals surface area contributed by atoms with Gasteiger partial charge in [0.05, 0.1) is 6.42 Å². The van der Waals surface area contributed by atoms with Crippen molar-refractivity contribution in [3.8, 4) is 5.75 Å². The molecule has 0 unspecified atom stereocenters. The summed E-state index contributed by atoms with van der Waals surface area (Å²) in [6.45, 7) is -0.621. The molecule has 7 nitrogen and oxygen atoms in total. The molecule has 0 aliphatic carbocycles. The predicted molar refractivity (Wildman–Crippen MR) is 63.7 cm³/mol. The monoisotopic (exact) mass is 285 g/mol. The van der Waals surface area contributed by atoms with Crippen LogP contribution in [-0.2, 0) is 14.4 Å². The second kappa shape index (κ2) is 7.07. The summed E-state index contributed by atoms with van der Waals surface area (Å²) in [5.41, 5.74) is 0. The minimum Gasteiger partial charge on any atom is -0.481 e. The minimum atomic E-state index is -1.57. The van der Waals surface area contributed by atoms with Crippen LogP contribution < -0.4 is 10.1 Å². The highest BCUT2D eigenvalue weighted by Gasteiger charge is 2.23. The number of hydrogen-bond acceptors (Lipinski definition) is 4. The van der Waals surface area contributed by atoms with Crippen LogP contribution in [0, 0.1) is 5.82 Å². The van der Waals surface area contributed by atoms with Crippen molar-refractivity contribution in [1.29, 1.82) is 0 Å². The van der Waals surface area contributed by atoms with E-state index in [1.54, 1.807) is 0 Å². The second-order valence-corrected chi connectivity index (χ2v) is 3.78. The maximum atomic E-state index is 13.2. The smallest absolute Gasteiger partial charge is 0.326 e. The number of aliphatic carboxylic acids is 2. The van der Waals surface area contributed by atoms with Crippen LogP contribution in [0.2, 0.25) is 0 Å². The van der Waals surface area contributed by atoms with Gasteiger partial charge in [-0.3, -0.25) is 9.59 Å². The number of nitrogens with one attached hydrogen (secondary N) is 1. The van der Waals surface area contributed by atoms with Crippen LogP contribution in [0.25, 0.3) is 0 Å². The number of rotatable bonds is 7. The van der Waals surface area contributed by atoms with Gasteiger partial charge in [0.2, 0.25) is 0 Å². The molecule has 108 valence electrons. The van der Waals surface area contributed by atoms with Crippen molar-refractivity contribution in [1.82, 2.24) is 5.32 Å². The van der Waals surface area contributed by atoms with E-state index in [2.05, 4.69) is 0 Å². The maximum absolute atomic E-state index is 13.2. The van der Waals surface area contributed by atoms with Crippen molar-refractivity contribution < 1.29 is 33.7 Å². The van der Waals surface area contributed by atoms with Gasteiger partial charge in [-0.25, -0.2) is 9.18 Å². The topological polar surface area (TPSA) is 113 Å². The Bertz CT molecular complexity index is 518. The van der Waals surface area contributed by atoms with E-state index in [0.717, 1.165) is 6.07 Å². The van der Waals surface area contributed by atoms with E-state index in [1.807, 2.05) is 5.32 Å². The van der Waals surface area contributed by atoms with E-state index < -0.39 is 42.7 Å². The molecule has 3 N–H and O–H groups in total. The first kappa shape index (κ1) is 15.4. The number of hydrogen-bond donors (Lipinski definition) is 3. The number of para-hydroxylation sites is 1. The highest BCUT2D eigenvalue weighted by atomic mass is 19.1. The zero-order valence-corrected chi connectivity index (χ0v) is 10.2. The highest BCUT2D eigenvalue weighted by Crippen LogP contribution is 2.14. The Balaban J connectivity index is 2.52. The number of ether oxygens (including phenoxy) is 1. The quantitative estimate of drug-likeness (QED) is 0.662. The van der Waals surface area contributed by atoms with E-state index in [9.17, 15) is 18.8 Å².